The van der Waals surface area contributed by atoms with Gasteiger partial charge in [-0.2, -0.15) is 0 Å². The first kappa shape index (κ1) is 59.2. The van der Waals surface area contributed by atoms with Gasteiger partial charge in [0.05, 0.1) is 28.4 Å². The Morgan fingerprint density at radius 2 is 0.480 bits per heavy atom. The van der Waals surface area contributed by atoms with Crippen LogP contribution in [0.25, 0.3) is 0 Å². The van der Waals surface area contributed by atoms with E-state index in [4.69, 9.17) is 28.4 Å². The zero-order valence-corrected chi connectivity index (χ0v) is 45.2. The lowest BCUT2D eigenvalue weighted by atomic mass is 9.70. The van der Waals surface area contributed by atoms with Crippen LogP contribution in [-0.4, -0.2) is 64.8 Å². The molecule has 0 saturated carbocycles. The summed E-state index contributed by atoms with van der Waals surface area (Å²) >= 11 is 0. The van der Waals surface area contributed by atoms with Crippen molar-refractivity contribution in [2.24, 2.45) is 0 Å². The summed E-state index contributed by atoms with van der Waals surface area (Å²) in [5.74, 6) is 1.92. The molecule has 75 heavy (non-hydrogen) atoms. The first-order chi connectivity index (χ1) is 35.4. The van der Waals surface area contributed by atoms with Crippen LogP contribution in [0.15, 0.2) is 146 Å². The Morgan fingerprint density at radius 3 is 0.680 bits per heavy atom. The molecule has 0 bridgehead atoms. The average Bonchev–Trinajstić information content (AvgIpc) is 3.39. The molecule has 6 aromatic carbocycles. The van der Waals surface area contributed by atoms with Crippen LogP contribution >= 0.6 is 0 Å². The van der Waals surface area contributed by atoms with Crippen molar-refractivity contribution in [2.75, 3.05) is 28.4 Å². The average molecular weight is 1030 g/mol. The van der Waals surface area contributed by atoms with Gasteiger partial charge < -0.3 is 47.4 Å². The van der Waals surface area contributed by atoms with E-state index in [0.29, 0.717) is 28.7 Å². The van der Waals surface area contributed by atoms with Crippen LogP contribution in [0.1, 0.15) is 115 Å². The van der Waals surface area contributed by atoms with Gasteiger partial charge in [0.25, 0.3) is 0 Å². The van der Waals surface area contributed by atoms with Gasteiger partial charge in [-0.25, -0.2) is 24.0 Å². The summed E-state index contributed by atoms with van der Waals surface area (Å²) < 4.78 is 49.1. The van der Waals surface area contributed by atoms with Gasteiger partial charge in [-0.3, -0.25) is 0 Å². The summed E-state index contributed by atoms with van der Waals surface area (Å²) in [6.07, 6.45) is -2.61. The zero-order valence-electron chi connectivity index (χ0n) is 45.2. The number of carbonyl (C=O) groups is 5. The second-order valence-electron chi connectivity index (χ2n) is 19.1. The maximum atomic E-state index is 12.1. The van der Waals surface area contributed by atoms with Crippen molar-refractivity contribution in [1.29, 1.82) is 0 Å². The molecule has 0 N–H and O–H groups in total. The van der Waals surface area contributed by atoms with Crippen LogP contribution in [0, 0.1) is 0 Å². The number of rotatable bonds is 12. The van der Waals surface area contributed by atoms with Crippen molar-refractivity contribution >= 4 is 30.8 Å². The second kappa shape index (κ2) is 26.6. The van der Waals surface area contributed by atoms with Crippen LogP contribution in [-0.2, 0) is 39.9 Å². The molecule has 0 spiro atoms. The van der Waals surface area contributed by atoms with Gasteiger partial charge >= 0.3 is 30.8 Å². The van der Waals surface area contributed by atoms with Crippen molar-refractivity contribution in [3.05, 3.63) is 185 Å². The largest absolute Gasteiger partial charge is 0.514 e. The van der Waals surface area contributed by atoms with E-state index in [9.17, 15) is 24.0 Å². The minimum Gasteiger partial charge on any atom is -0.437 e. The van der Waals surface area contributed by atoms with Crippen LogP contribution < -0.4 is 23.7 Å². The molecule has 0 aliphatic rings. The fraction of sp³-hybridized carbons (Fsp3) is 0.317. The lowest BCUT2D eigenvalue weighted by Crippen LogP contribution is -2.26. The highest BCUT2D eigenvalue weighted by atomic mass is 16.7. The predicted octanol–water partition coefficient (Wildman–Crippen LogP) is 14.7. The summed E-state index contributed by atoms with van der Waals surface area (Å²) in [5, 5.41) is 0. The monoisotopic (exact) mass is 1030 g/mol. The van der Waals surface area contributed by atoms with Crippen molar-refractivity contribution in [3.63, 3.8) is 0 Å². The minimum absolute atomic E-state index is 0.298. The molecule has 6 aromatic rings. The van der Waals surface area contributed by atoms with Crippen LogP contribution in [0.3, 0.4) is 0 Å². The Labute approximate surface area is 439 Å². The molecule has 398 valence electrons. The highest BCUT2D eigenvalue weighted by molar-refractivity contribution is 5.66. The van der Waals surface area contributed by atoms with Crippen molar-refractivity contribution in [3.8, 4) is 28.7 Å². The lowest BCUT2D eigenvalue weighted by Gasteiger charge is -2.33. The first-order valence-electron chi connectivity index (χ1n) is 24.0. The molecule has 0 amide bonds. The van der Waals surface area contributed by atoms with E-state index in [1.54, 1.807) is 81.4 Å². The molecule has 6 rings (SSSR count). The van der Waals surface area contributed by atoms with Gasteiger partial charge in [0.2, 0.25) is 0 Å². The van der Waals surface area contributed by atoms with Crippen molar-refractivity contribution in [1.82, 2.24) is 0 Å². The van der Waals surface area contributed by atoms with E-state index in [0.717, 1.165) is 38.9 Å². The van der Waals surface area contributed by atoms with E-state index >= 15 is 0 Å². The molecule has 0 aliphatic heterocycles. The minimum atomic E-state index is -0.801. The van der Waals surface area contributed by atoms with Crippen LogP contribution in [0.5, 0.6) is 28.7 Å². The molecule has 0 aliphatic carbocycles. The van der Waals surface area contributed by atoms with Crippen LogP contribution in [0.2, 0.25) is 0 Å². The molecule has 0 saturated heterocycles. The zero-order chi connectivity index (χ0) is 55.6. The third-order valence-corrected chi connectivity index (χ3v) is 11.8. The molecule has 0 unspecified atom stereocenters. The Kier molecular flexibility index (Phi) is 21.0. The lowest BCUT2D eigenvalue weighted by molar-refractivity contribution is 0.0205. The highest BCUT2D eigenvalue weighted by Crippen LogP contribution is 2.42. The Bertz CT molecular complexity index is 2670. The van der Waals surface area contributed by atoms with E-state index in [1.807, 2.05) is 60.7 Å². The molecular formula is C60H68O15. The first-order valence-corrected chi connectivity index (χ1v) is 24.0. The maximum absolute atomic E-state index is 12.1. The fourth-order valence-electron chi connectivity index (χ4n) is 7.50. The van der Waals surface area contributed by atoms with E-state index in [-0.39, 0.29) is 10.8 Å². The molecule has 0 heterocycles. The van der Waals surface area contributed by atoms with Crippen molar-refractivity contribution < 1.29 is 71.3 Å². The topological polar surface area (TPSA) is 178 Å². The summed E-state index contributed by atoms with van der Waals surface area (Å²) in [6, 6.07) is 44.6. The second-order valence-corrected chi connectivity index (χ2v) is 19.1. The third kappa shape index (κ3) is 16.6. The molecule has 0 fully saturated rings. The Morgan fingerprint density at radius 1 is 0.307 bits per heavy atom. The predicted molar refractivity (Wildman–Crippen MR) is 283 cm³/mol. The van der Waals surface area contributed by atoms with Gasteiger partial charge in [0, 0.05) is 16.2 Å². The van der Waals surface area contributed by atoms with Gasteiger partial charge in [0.15, 0.2) is 0 Å². The Balaban J connectivity index is 0.000000364. The smallest absolute Gasteiger partial charge is 0.437 e. The van der Waals surface area contributed by atoms with Gasteiger partial charge in [-0.1, -0.05) is 133 Å². The number of carbonyl (C=O) groups excluding carboxylic acids is 5. The summed E-state index contributed by atoms with van der Waals surface area (Å²) in [6.45, 7) is 20.1. The summed E-state index contributed by atoms with van der Waals surface area (Å²) in [5.41, 5.74) is 5.07. The van der Waals surface area contributed by atoms with E-state index in [2.05, 4.69) is 91.7 Å². The molecular weight excluding hydrogens is 961 g/mol. The van der Waals surface area contributed by atoms with E-state index in [1.165, 1.54) is 34.9 Å². The SMILES string of the molecule is CCC.COC(=O)Oc1ccc(C(C)(C)c2ccc(OC(=O)OC)cc2)cc1.COC(=O)Oc1ccc(C(C)(c2ccc(OC(=O)OC)cc2)c2ccc(C(C)(C)c3ccc(OC(=O)OC(C)(C)C)cc3)cc2)cc1. The van der Waals surface area contributed by atoms with Gasteiger partial charge in [0.1, 0.15) is 34.3 Å². The van der Waals surface area contributed by atoms with Gasteiger partial charge in [-0.05, 0) is 127 Å². The highest BCUT2D eigenvalue weighted by Gasteiger charge is 2.33. The number of hydrogen-bond acceptors (Lipinski definition) is 15. The number of benzene rings is 6. The summed E-state index contributed by atoms with van der Waals surface area (Å²) in [7, 11) is 5.02. The molecule has 0 atom stereocenters. The molecule has 15 heteroatoms. The molecule has 0 radical (unpaired) electrons. The quantitative estimate of drug-likeness (QED) is 0.0489. The Hall–Kier alpha value is -8.33. The van der Waals surface area contributed by atoms with Crippen LogP contribution in [0.4, 0.5) is 24.0 Å². The molecule has 0 aromatic heterocycles. The number of hydrogen-bond donors (Lipinski definition) is 0. The summed E-state index contributed by atoms with van der Waals surface area (Å²) in [4.78, 5) is 57.6. The molecule has 15 nitrogen and oxygen atoms in total. The number of ether oxygens (including phenoxy) is 10. The van der Waals surface area contributed by atoms with Gasteiger partial charge in [-0.15, -0.1) is 0 Å². The third-order valence-electron chi connectivity index (χ3n) is 11.8. The van der Waals surface area contributed by atoms with Crippen molar-refractivity contribution in [2.45, 2.75) is 97.5 Å². The van der Waals surface area contributed by atoms with E-state index < -0.39 is 41.8 Å². The standard InChI is InChI=1S/C38H40O9.C19H20O6.C3H8/c1-36(2,3)47-35(41)46-32-19-13-26(14-20-32)37(4,5)25-9-11-27(12-10-25)38(6,28-15-21-30(22-16-28)44-33(39)42-7)29-17-23-31(24-18-29)45-34(40)43-8;1-19(2,13-5-9-15(10-6-13)24-17(20)22-3)14-7-11-16(12-8-14)25-18(21)23-4;1-3-2/h9-24H,1-8H3;5-12H,1-4H3;3H2,1-2H3. The number of methoxy groups -OCH3 is 4. The normalized spacial score (nSPS) is 11.1. The fourth-order valence-corrected chi connectivity index (χ4v) is 7.50. The maximum Gasteiger partial charge on any atom is 0.514 e.